The van der Waals surface area contributed by atoms with Gasteiger partial charge in [-0.15, -0.1) is 0 Å². The molecule has 1 atom stereocenters. The monoisotopic (exact) mass is 335 g/mol. The summed E-state index contributed by atoms with van der Waals surface area (Å²) >= 11 is 0. The topological polar surface area (TPSA) is 77.2 Å². The molecular formula is C19H17N3O3. The van der Waals surface area contributed by atoms with Crippen LogP contribution in [0, 0.1) is 6.92 Å². The number of imidazole rings is 1. The first kappa shape index (κ1) is 15.4. The number of nitrogens with zero attached hydrogens (tertiary/aromatic N) is 3. The summed E-state index contributed by atoms with van der Waals surface area (Å²) in [6.45, 7) is 2.31. The SMILES string of the molecule is Cc1oc(-c2ccco2)nc1Cn1ccnc1[C@H](O)c1ccccc1. The molecule has 0 aliphatic rings. The number of benzene rings is 1. The molecule has 0 saturated heterocycles. The normalized spacial score (nSPS) is 12.4. The number of aliphatic hydroxyl groups excluding tert-OH is 1. The second kappa shape index (κ2) is 6.41. The van der Waals surface area contributed by atoms with Gasteiger partial charge in [-0.3, -0.25) is 0 Å². The van der Waals surface area contributed by atoms with Crippen molar-refractivity contribution in [1.29, 1.82) is 0 Å². The molecule has 0 amide bonds. The highest BCUT2D eigenvalue weighted by atomic mass is 16.4. The Kier molecular flexibility index (Phi) is 3.95. The first-order valence-electron chi connectivity index (χ1n) is 7.96. The van der Waals surface area contributed by atoms with E-state index < -0.39 is 6.10 Å². The number of hydrogen-bond acceptors (Lipinski definition) is 5. The number of hydrogen-bond donors (Lipinski definition) is 1. The minimum absolute atomic E-state index is 0.447. The predicted octanol–water partition coefficient (Wildman–Crippen LogP) is 3.57. The Balaban J connectivity index is 1.62. The molecule has 1 N–H and O–H groups in total. The summed E-state index contributed by atoms with van der Waals surface area (Å²) in [5, 5.41) is 10.6. The van der Waals surface area contributed by atoms with Gasteiger partial charge in [0.1, 0.15) is 23.4 Å². The van der Waals surface area contributed by atoms with Crippen LogP contribution in [0.4, 0.5) is 0 Å². The minimum atomic E-state index is -0.798. The third kappa shape index (κ3) is 2.99. The number of aromatic nitrogens is 3. The summed E-state index contributed by atoms with van der Waals surface area (Å²) in [5.74, 6) is 2.31. The second-order valence-corrected chi connectivity index (χ2v) is 5.73. The van der Waals surface area contributed by atoms with Crippen LogP contribution in [0.25, 0.3) is 11.7 Å². The van der Waals surface area contributed by atoms with Crippen LogP contribution in [0.3, 0.4) is 0 Å². The number of aliphatic hydroxyl groups is 1. The van der Waals surface area contributed by atoms with Crippen molar-refractivity contribution in [1.82, 2.24) is 14.5 Å². The van der Waals surface area contributed by atoms with Gasteiger partial charge in [0.05, 0.1) is 12.8 Å². The van der Waals surface area contributed by atoms with Gasteiger partial charge < -0.3 is 18.5 Å². The largest absolute Gasteiger partial charge is 0.459 e. The van der Waals surface area contributed by atoms with E-state index >= 15 is 0 Å². The Bertz CT molecular complexity index is 955. The van der Waals surface area contributed by atoms with E-state index in [0.717, 1.165) is 11.3 Å². The molecule has 126 valence electrons. The van der Waals surface area contributed by atoms with Gasteiger partial charge in [-0.05, 0) is 24.6 Å². The smallest absolute Gasteiger partial charge is 0.263 e. The molecule has 0 unspecified atom stereocenters. The first-order valence-corrected chi connectivity index (χ1v) is 7.96. The molecule has 0 spiro atoms. The van der Waals surface area contributed by atoms with Crippen LogP contribution in [0.2, 0.25) is 0 Å². The maximum absolute atomic E-state index is 10.6. The zero-order chi connectivity index (χ0) is 17.2. The van der Waals surface area contributed by atoms with Crippen molar-refractivity contribution in [3.63, 3.8) is 0 Å². The number of furan rings is 1. The highest BCUT2D eigenvalue weighted by Gasteiger charge is 2.19. The van der Waals surface area contributed by atoms with Crippen molar-refractivity contribution < 1.29 is 13.9 Å². The van der Waals surface area contributed by atoms with Gasteiger partial charge in [0.15, 0.2) is 5.76 Å². The van der Waals surface area contributed by atoms with E-state index in [1.807, 2.05) is 48.0 Å². The fourth-order valence-corrected chi connectivity index (χ4v) is 2.73. The summed E-state index contributed by atoms with van der Waals surface area (Å²) < 4.78 is 12.9. The van der Waals surface area contributed by atoms with Gasteiger partial charge in [0.25, 0.3) is 5.89 Å². The van der Waals surface area contributed by atoms with Crippen molar-refractivity contribution in [3.8, 4) is 11.7 Å². The van der Waals surface area contributed by atoms with Crippen LogP contribution < -0.4 is 0 Å². The van der Waals surface area contributed by atoms with Crippen molar-refractivity contribution in [2.45, 2.75) is 19.6 Å². The quantitative estimate of drug-likeness (QED) is 0.603. The summed E-state index contributed by atoms with van der Waals surface area (Å²) in [6.07, 6.45) is 4.28. The highest BCUT2D eigenvalue weighted by molar-refractivity contribution is 5.44. The van der Waals surface area contributed by atoms with Gasteiger partial charge in [-0.1, -0.05) is 30.3 Å². The molecule has 1 aromatic carbocycles. The van der Waals surface area contributed by atoms with E-state index in [2.05, 4.69) is 9.97 Å². The van der Waals surface area contributed by atoms with Gasteiger partial charge in [-0.2, -0.15) is 0 Å². The Morgan fingerprint density at radius 1 is 1.16 bits per heavy atom. The molecule has 0 bridgehead atoms. The van der Waals surface area contributed by atoms with E-state index in [9.17, 15) is 5.11 Å². The lowest BCUT2D eigenvalue weighted by molar-refractivity contribution is 0.205. The molecule has 0 fully saturated rings. The van der Waals surface area contributed by atoms with Crippen LogP contribution in [0.5, 0.6) is 0 Å². The first-order chi connectivity index (χ1) is 12.2. The van der Waals surface area contributed by atoms with Crippen LogP contribution in [-0.2, 0) is 6.54 Å². The zero-order valence-corrected chi connectivity index (χ0v) is 13.7. The van der Waals surface area contributed by atoms with Gasteiger partial charge in [0, 0.05) is 12.4 Å². The summed E-state index contributed by atoms with van der Waals surface area (Å²) in [4.78, 5) is 8.82. The number of rotatable bonds is 5. The summed E-state index contributed by atoms with van der Waals surface area (Å²) in [7, 11) is 0. The number of oxazole rings is 1. The standard InChI is InChI=1S/C19H17N3O3/c1-13-15(21-19(25-13)16-8-5-11-24-16)12-22-10-9-20-18(22)17(23)14-6-3-2-4-7-14/h2-11,17,23H,12H2,1H3/t17-/m1/s1. The summed E-state index contributed by atoms with van der Waals surface area (Å²) in [6, 6.07) is 13.0. The van der Waals surface area contributed by atoms with Crippen molar-refractivity contribution in [2.24, 2.45) is 0 Å². The van der Waals surface area contributed by atoms with Crippen LogP contribution in [0.15, 0.2) is 70.0 Å². The Labute approximate surface area is 144 Å². The maximum Gasteiger partial charge on any atom is 0.263 e. The molecule has 0 aliphatic heterocycles. The fourth-order valence-electron chi connectivity index (χ4n) is 2.73. The Hall–Kier alpha value is -3.12. The van der Waals surface area contributed by atoms with Gasteiger partial charge in [0.2, 0.25) is 0 Å². The molecule has 0 aliphatic carbocycles. The third-order valence-corrected chi connectivity index (χ3v) is 4.05. The molecule has 6 heteroatoms. The van der Waals surface area contributed by atoms with E-state index in [-0.39, 0.29) is 0 Å². The average molecular weight is 335 g/mol. The van der Waals surface area contributed by atoms with Crippen molar-refractivity contribution in [3.05, 3.63) is 84.0 Å². The lowest BCUT2D eigenvalue weighted by Crippen LogP contribution is -2.11. The molecule has 4 rings (SSSR count). The number of aryl methyl sites for hydroxylation is 1. The fraction of sp³-hybridized carbons (Fsp3) is 0.158. The molecule has 0 saturated carbocycles. The Morgan fingerprint density at radius 3 is 2.76 bits per heavy atom. The molecule has 25 heavy (non-hydrogen) atoms. The third-order valence-electron chi connectivity index (χ3n) is 4.05. The highest BCUT2D eigenvalue weighted by Crippen LogP contribution is 2.24. The molecule has 0 radical (unpaired) electrons. The second-order valence-electron chi connectivity index (χ2n) is 5.73. The van der Waals surface area contributed by atoms with Crippen LogP contribution >= 0.6 is 0 Å². The minimum Gasteiger partial charge on any atom is -0.459 e. The average Bonchev–Trinajstić information content (AvgIpc) is 3.37. The molecule has 3 heterocycles. The van der Waals surface area contributed by atoms with Crippen molar-refractivity contribution >= 4 is 0 Å². The van der Waals surface area contributed by atoms with Crippen LogP contribution in [0.1, 0.15) is 28.9 Å². The van der Waals surface area contributed by atoms with E-state index in [4.69, 9.17) is 8.83 Å². The van der Waals surface area contributed by atoms with E-state index in [1.54, 1.807) is 24.6 Å². The molecular weight excluding hydrogens is 318 g/mol. The maximum atomic E-state index is 10.6. The van der Waals surface area contributed by atoms with Crippen LogP contribution in [-0.4, -0.2) is 19.6 Å². The molecule has 3 aromatic heterocycles. The predicted molar refractivity (Wildman–Crippen MR) is 90.8 cm³/mol. The Morgan fingerprint density at radius 2 is 2.00 bits per heavy atom. The zero-order valence-electron chi connectivity index (χ0n) is 13.7. The lowest BCUT2D eigenvalue weighted by Gasteiger charge is -2.13. The van der Waals surface area contributed by atoms with Crippen molar-refractivity contribution in [2.75, 3.05) is 0 Å². The lowest BCUT2D eigenvalue weighted by atomic mass is 10.1. The van der Waals surface area contributed by atoms with Gasteiger partial charge in [-0.25, -0.2) is 9.97 Å². The van der Waals surface area contributed by atoms with Gasteiger partial charge >= 0.3 is 0 Å². The molecule has 4 aromatic rings. The molecule has 6 nitrogen and oxygen atoms in total. The van der Waals surface area contributed by atoms with E-state index in [0.29, 0.717) is 29.8 Å². The summed E-state index contributed by atoms with van der Waals surface area (Å²) in [5.41, 5.74) is 1.56. The van der Waals surface area contributed by atoms with E-state index in [1.165, 1.54) is 0 Å².